The first-order valence-electron chi connectivity index (χ1n) is 11.6. The molecule has 0 unspecified atom stereocenters. The summed E-state index contributed by atoms with van der Waals surface area (Å²) < 4.78 is 2.68. The number of thioether (sulfide) groups is 2. The number of aromatic nitrogens is 5. The van der Waals surface area contributed by atoms with E-state index in [0.29, 0.717) is 21.7 Å². The van der Waals surface area contributed by atoms with Crippen LogP contribution in [0.25, 0.3) is 5.69 Å². The van der Waals surface area contributed by atoms with Crippen LogP contribution in [0, 0.1) is 20.8 Å². The van der Waals surface area contributed by atoms with Gasteiger partial charge in [0, 0.05) is 11.3 Å². The number of anilines is 1. The predicted octanol–water partition coefficient (Wildman–Crippen LogP) is 4.82. The molecule has 0 aliphatic carbocycles. The van der Waals surface area contributed by atoms with Crippen molar-refractivity contribution in [3.63, 3.8) is 0 Å². The summed E-state index contributed by atoms with van der Waals surface area (Å²) in [6, 6.07) is 13.5. The number of hydrogen-bond acceptors (Lipinski definition) is 9. The Morgan fingerprint density at radius 1 is 0.973 bits per heavy atom. The van der Waals surface area contributed by atoms with Gasteiger partial charge in [-0.3, -0.25) is 19.5 Å². The largest absolute Gasteiger partial charge is 0.345 e. The van der Waals surface area contributed by atoms with Gasteiger partial charge in [-0.05, 0) is 67.5 Å². The van der Waals surface area contributed by atoms with E-state index in [1.807, 2.05) is 74.7 Å². The molecule has 2 heterocycles. The summed E-state index contributed by atoms with van der Waals surface area (Å²) in [5, 5.41) is 23.5. The number of nitrogens with one attached hydrogen (secondary N) is 2. The molecule has 0 saturated carbocycles. The van der Waals surface area contributed by atoms with Crippen molar-refractivity contribution in [2.45, 2.75) is 43.7 Å². The number of rotatable bonds is 10. The number of amides is 2. The molecule has 2 amide bonds. The number of nitrogens with zero attached hydrogens (tertiary/aromatic N) is 5. The van der Waals surface area contributed by atoms with Crippen molar-refractivity contribution in [1.82, 2.24) is 30.3 Å². The summed E-state index contributed by atoms with van der Waals surface area (Å²) in [5.74, 6) is 1.18. The Kier molecular flexibility index (Phi) is 8.95. The van der Waals surface area contributed by atoms with E-state index in [2.05, 4.69) is 31.0 Å². The highest BCUT2D eigenvalue weighted by molar-refractivity contribution is 8.01. The van der Waals surface area contributed by atoms with Gasteiger partial charge in [0.1, 0.15) is 0 Å². The maximum absolute atomic E-state index is 12.8. The van der Waals surface area contributed by atoms with E-state index in [1.165, 1.54) is 23.1 Å². The Morgan fingerprint density at radius 2 is 1.81 bits per heavy atom. The second-order valence-electron chi connectivity index (χ2n) is 8.20. The van der Waals surface area contributed by atoms with Gasteiger partial charge in [0.25, 0.3) is 5.91 Å². The molecule has 2 N–H and O–H groups in total. The Balaban J connectivity index is 1.48. The van der Waals surface area contributed by atoms with Gasteiger partial charge >= 0.3 is 0 Å². The van der Waals surface area contributed by atoms with E-state index in [4.69, 9.17) is 0 Å². The molecule has 0 bridgehead atoms. The van der Waals surface area contributed by atoms with Gasteiger partial charge in [0.15, 0.2) is 15.3 Å². The van der Waals surface area contributed by atoms with Crippen molar-refractivity contribution in [3.05, 3.63) is 70.5 Å². The van der Waals surface area contributed by atoms with Crippen LogP contribution < -0.4 is 10.6 Å². The molecule has 4 rings (SSSR count). The highest BCUT2D eigenvalue weighted by Crippen LogP contribution is 2.26. The van der Waals surface area contributed by atoms with Crippen molar-refractivity contribution in [2.75, 3.05) is 16.8 Å². The van der Waals surface area contributed by atoms with Crippen LogP contribution in [0.1, 0.15) is 39.8 Å². The Morgan fingerprint density at radius 3 is 2.57 bits per heavy atom. The molecule has 0 aliphatic heterocycles. The lowest BCUT2D eigenvalue weighted by atomic mass is 10.1. The molecule has 0 radical (unpaired) electrons. The first-order valence-corrected chi connectivity index (χ1v) is 14.4. The molecule has 9 nitrogen and oxygen atoms in total. The fourth-order valence-electron chi connectivity index (χ4n) is 3.41. The molecular weight excluding hydrogens is 527 g/mol. The molecule has 2 aromatic carbocycles. The van der Waals surface area contributed by atoms with E-state index in [9.17, 15) is 9.59 Å². The zero-order valence-electron chi connectivity index (χ0n) is 20.9. The maximum Gasteiger partial charge on any atom is 0.251 e. The van der Waals surface area contributed by atoms with E-state index in [1.54, 1.807) is 11.8 Å². The first kappa shape index (κ1) is 26.8. The molecule has 0 atom stereocenters. The smallest absolute Gasteiger partial charge is 0.251 e. The fraction of sp³-hybridized carbons (Fsp3) is 0.280. The molecule has 0 spiro atoms. The van der Waals surface area contributed by atoms with Crippen molar-refractivity contribution < 1.29 is 9.59 Å². The Labute approximate surface area is 227 Å². The van der Waals surface area contributed by atoms with Crippen LogP contribution in [0.3, 0.4) is 0 Å². The molecule has 37 heavy (non-hydrogen) atoms. The number of aryl methyl sites for hydroxylation is 3. The van der Waals surface area contributed by atoms with Gasteiger partial charge in [0.2, 0.25) is 11.0 Å². The van der Waals surface area contributed by atoms with Gasteiger partial charge in [0.05, 0.1) is 12.3 Å². The van der Waals surface area contributed by atoms with Crippen LogP contribution in [0.5, 0.6) is 0 Å². The van der Waals surface area contributed by atoms with Crippen molar-refractivity contribution in [3.8, 4) is 5.69 Å². The zero-order valence-corrected chi connectivity index (χ0v) is 23.4. The van der Waals surface area contributed by atoms with Crippen molar-refractivity contribution in [1.29, 1.82) is 0 Å². The second-order valence-corrected chi connectivity index (χ2v) is 11.6. The molecular formula is C25H27N7O2S3. The van der Waals surface area contributed by atoms with Gasteiger partial charge in [-0.2, -0.15) is 0 Å². The van der Waals surface area contributed by atoms with Crippen LogP contribution in [-0.2, 0) is 11.3 Å². The van der Waals surface area contributed by atoms with Gasteiger partial charge in [-0.15, -0.1) is 20.4 Å². The number of hydrogen-bond donors (Lipinski definition) is 2. The third kappa shape index (κ3) is 6.96. The summed E-state index contributed by atoms with van der Waals surface area (Å²) in [7, 11) is 0. The third-order valence-electron chi connectivity index (χ3n) is 5.39. The molecule has 2 aromatic heterocycles. The van der Waals surface area contributed by atoms with Gasteiger partial charge in [-0.25, -0.2) is 0 Å². The Bertz CT molecular complexity index is 1420. The van der Waals surface area contributed by atoms with Crippen LogP contribution in [0.15, 0.2) is 52.0 Å². The molecule has 12 heteroatoms. The normalized spacial score (nSPS) is 10.9. The van der Waals surface area contributed by atoms with Crippen molar-refractivity contribution in [2.24, 2.45) is 0 Å². The lowest BCUT2D eigenvalue weighted by Gasteiger charge is -2.12. The third-order valence-corrected chi connectivity index (χ3v) is 8.17. The Hall–Kier alpha value is -3.22. The molecule has 192 valence electrons. The van der Waals surface area contributed by atoms with E-state index in [0.717, 1.165) is 32.5 Å². The number of carbonyl (C=O) groups is 2. The topological polar surface area (TPSA) is 115 Å². The highest BCUT2D eigenvalue weighted by atomic mass is 32.2. The maximum atomic E-state index is 12.8. The molecule has 0 fully saturated rings. The van der Waals surface area contributed by atoms with Crippen LogP contribution in [0.4, 0.5) is 5.13 Å². The van der Waals surface area contributed by atoms with E-state index < -0.39 is 0 Å². The molecule has 0 saturated heterocycles. The summed E-state index contributed by atoms with van der Waals surface area (Å²) in [4.78, 5) is 25.4. The molecule has 4 aromatic rings. The standard InChI is InChI=1S/C25H27N7O2S3/c1-5-35-25-31-29-23(37-25)27-21(33)14-36-24-30-28-20(32(24)19-8-6-7-15(2)11-19)13-26-22(34)18-10-9-16(3)17(4)12-18/h6-12H,5,13-14H2,1-4H3,(H,26,34)(H,27,29,33). The average Bonchev–Trinajstić information content (AvgIpc) is 3.49. The minimum Gasteiger partial charge on any atom is -0.345 e. The predicted molar refractivity (Wildman–Crippen MR) is 149 cm³/mol. The molecule has 0 aliphatic rings. The van der Waals surface area contributed by atoms with E-state index >= 15 is 0 Å². The summed E-state index contributed by atoms with van der Waals surface area (Å²) >= 11 is 4.19. The number of carbonyl (C=O) groups excluding carboxylic acids is 2. The fourth-order valence-corrected chi connectivity index (χ4v) is 5.84. The van der Waals surface area contributed by atoms with Crippen LogP contribution in [-0.4, -0.2) is 48.3 Å². The zero-order chi connectivity index (χ0) is 26.4. The second kappa shape index (κ2) is 12.3. The van der Waals surface area contributed by atoms with Gasteiger partial charge in [-0.1, -0.05) is 60.0 Å². The van der Waals surface area contributed by atoms with Crippen LogP contribution in [0.2, 0.25) is 0 Å². The quantitative estimate of drug-likeness (QED) is 0.212. The highest BCUT2D eigenvalue weighted by Gasteiger charge is 2.18. The van der Waals surface area contributed by atoms with Crippen LogP contribution >= 0.6 is 34.9 Å². The van der Waals surface area contributed by atoms with Crippen molar-refractivity contribution >= 4 is 51.8 Å². The first-order chi connectivity index (χ1) is 17.8. The summed E-state index contributed by atoms with van der Waals surface area (Å²) in [5.41, 5.74) is 4.71. The SMILES string of the molecule is CCSc1nnc(NC(=O)CSc2nnc(CNC(=O)c3ccc(C)c(C)c3)n2-c2cccc(C)c2)s1. The summed E-state index contributed by atoms with van der Waals surface area (Å²) in [6.45, 7) is 8.21. The number of benzene rings is 2. The minimum absolute atomic E-state index is 0.120. The minimum atomic E-state index is -0.211. The lowest BCUT2D eigenvalue weighted by Crippen LogP contribution is -2.24. The monoisotopic (exact) mass is 553 g/mol. The lowest BCUT2D eigenvalue weighted by molar-refractivity contribution is -0.113. The van der Waals surface area contributed by atoms with Gasteiger partial charge < -0.3 is 5.32 Å². The summed E-state index contributed by atoms with van der Waals surface area (Å²) in [6.07, 6.45) is 0. The van der Waals surface area contributed by atoms with E-state index in [-0.39, 0.29) is 24.1 Å². The average molecular weight is 554 g/mol.